The van der Waals surface area contributed by atoms with Crippen molar-refractivity contribution in [1.29, 1.82) is 0 Å². The molecular formula is C12H12N2O2S. The summed E-state index contributed by atoms with van der Waals surface area (Å²) in [6.45, 7) is 0.655. The first-order valence-electron chi connectivity index (χ1n) is 5.10. The van der Waals surface area contributed by atoms with Crippen LogP contribution in [-0.4, -0.2) is 18.1 Å². The van der Waals surface area contributed by atoms with E-state index >= 15 is 0 Å². The summed E-state index contributed by atoms with van der Waals surface area (Å²) in [5, 5.41) is 6.15. The summed E-state index contributed by atoms with van der Waals surface area (Å²) in [6.07, 6.45) is 1.77. The summed E-state index contributed by atoms with van der Waals surface area (Å²) in [4.78, 5) is 15.5. The lowest BCUT2D eigenvalue weighted by atomic mass is 10.2. The highest BCUT2D eigenvalue weighted by atomic mass is 32.1. The summed E-state index contributed by atoms with van der Waals surface area (Å²) < 4.78 is 4.66. The van der Waals surface area contributed by atoms with Crippen LogP contribution in [0.1, 0.15) is 15.4 Å². The van der Waals surface area contributed by atoms with Gasteiger partial charge in [-0.3, -0.25) is 0 Å². The molecule has 0 saturated heterocycles. The highest BCUT2D eigenvalue weighted by molar-refractivity contribution is 7.09. The Morgan fingerprint density at radius 1 is 1.53 bits per heavy atom. The predicted molar refractivity (Wildman–Crippen MR) is 67.2 cm³/mol. The fraction of sp³-hybridized carbons (Fsp3) is 0.167. The molecule has 0 unspecified atom stereocenters. The van der Waals surface area contributed by atoms with Crippen molar-refractivity contribution < 1.29 is 9.53 Å². The van der Waals surface area contributed by atoms with E-state index in [-0.39, 0.29) is 5.97 Å². The van der Waals surface area contributed by atoms with Gasteiger partial charge >= 0.3 is 5.97 Å². The molecule has 0 bridgehead atoms. The molecule has 1 heterocycles. The van der Waals surface area contributed by atoms with E-state index in [0.29, 0.717) is 12.1 Å². The number of benzene rings is 1. The molecule has 0 aliphatic carbocycles. The lowest BCUT2D eigenvalue weighted by Gasteiger charge is -2.05. The summed E-state index contributed by atoms with van der Waals surface area (Å²) in [5.74, 6) is -0.331. The molecule has 88 valence electrons. The highest BCUT2D eigenvalue weighted by Crippen LogP contribution is 2.13. The van der Waals surface area contributed by atoms with E-state index in [1.165, 1.54) is 7.11 Å². The molecule has 1 N–H and O–H groups in total. The number of anilines is 1. The van der Waals surface area contributed by atoms with Crippen molar-refractivity contribution in [2.45, 2.75) is 6.54 Å². The summed E-state index contributed by atoms with van der Waals surface area (Å²) >= 11 is 1.59. The normalized spacial score (nSPS) is 9.94. The fourth-order valence-electron chi connectivity index (χ4n) is 1.39. The monoisotopic (exact) mass is 248 g/mol. The van der Waals surface area contributed by atoms with Crippen LogP contribution >= 0.6 is 11.3 Å². The van der Waals surface area contributed by atoms with Gasteiger partial charge in [-0.1, -0.05) is 6.07 Å². The van der Waals surface area contributed by atoms with Gasteiger partial charge in [-0.2, -0.15) is 0 Å². The topological polar surface area (TPSA) is 51.2 Å². The molecular weight excluding hydrogens is 236 g/mol. The molecule has 0 radical (unpaired) electrons. The molecule has 0 fully saturated rings. The SMILES string of the molecule is COC(=O)c1cccc(NCc2nccs2)c1. The van der Waals surface area contributed by atoms with Gasteiger partial charge in [-0.15, -0.1) is 11.3 Å². The molecule has 5 heteroatoms. The van der Waals surface area contributed by atoms with Crippen LogP contribution in [-0.2, 0) is 11.3 Å². The Bertz CT molecular complexity index is 497. The first kappa shape index (κ1) is 11.6. The second kappa shape index (κ2) is 5.45. The molecule has 0 saturated carbocycles. The number of nitrogens with one attached hydrogen (secondary N) is 1. The van der Waals surface area contributed by atoms with E-state index in [1.807, 2.05) is 17.5 Å². The van der Waals surface area contributed by atoms with Crippen LogP contribution in [0.5, 0.6) is 0 Å². The van der Waals surface area contributed by atoms with Crippen molar-refractivity contribution in [2.75, 3.05) is 12.4 Å². The summed E-state index contributed by atoms with van der Waals surface area (Å²) in [5.41, 5.74) is 1.42. The number of aromatic nitrogens is 1. The van der Waals surface area contributed by atoms with E-state index in [1.54, 1.807) is 29.7 Å². The molecule has 2 rings (SSSR count). The third-order valence-electron chi connectivity index (χ3n) is 2.21. The van der Waals surface area contributed by atoms with Gasteiger partial charge in [-0.05, 0) is 18.2 Å². The minimum Gasteiger partial charge on any atom is -0.465 e. The fourth-order valence-corrected chi connectivity index (χ4v) is 1.95. The second-order valence-electron chi connectivity index (χ2n) is 3.35. The Balaban J connectivity index is 2.03. The zero-order chi connectivity index (χ0) is 12.1. The van der Waals surface area contributed by atoms with Crippen molar-refractivity contribution >= 4 is 23.0 Å². The zero-order valence-corrected chi connectivity index (χ0v) is 10.2. The molecule has 17 heavy (non-hydrogen) atoms. The van der Waals surface area contributed by atoms with Crippen molar-refractivity contribution in [3.8, 4) is 0 Å². The Morgan fingerprint density at radius 3 is 3.12 bits per heavy atom. The van der Waals surface area contributed by atoms with Crippen LogP contribution in [0.25, 0.3) is 0 Å². The number of carbonyl (C=O) groups is 1. The van der Waals surface area contributed by atoms with Crippen molar-refractivity contribution in [3.63, 3.8) is 0 Å². The minimum atomic E-state index is -0.331. The summed E-state index contributed by atoms with van der Waals surface area (Å²) in [7, 11) is 1.37. The van der Waals surface area contributed by atoms with Crippen LogP contribution in [0, 0.1) is 0 Å². The smallest absolute Gasteiger partial charge is 0.337 e. The van der Waals surface area contributed by atoms with Crippen molar-refractivity contribution in [2.24, 2.45) is 0 Å². The quantitative estimate of drug-likeness (QED) is 0.845. The maximum atomic E-state index is 11.3. The van der Waals surface area contributed by atoms with Gasteiger partial charge in [0, 0.05) is 17.3 Å². The number of carbonyl (C=O) groups excluding carboxylic acids is 1. The van der Waals surface area contributed by atoms with Gasteiger partial charge in [0.05, 0.1) is 19.2 Å². The van der Waals surface area contributed by atoms with Gasteiger partial charge in [0.1, 0.15) is 5.01 Å². The number of hydrogen-bond donors (Lipinski definition) is 1. The molecule has 0 spiro atoms. The maximum Gasteiger partial charge on any atom is 0.337 e. The zero-order valence-electron chi connectivity index (χ0n) is 9.34. The Morgan fingerprint density at radius 2 is 2.41 bits per heavy atom. The number of nitrogens with zero attached hydrogens (tertiary/aromatic N) is 1. The van der Waals surface area contributed by atoms with E-state index in [4.69, 9.17) is 0 Å². The molecule has 4 nitrogen and oxygen atoms in total. The standard InChI is InChI=1S/C12H12N2O2S/c1-16-12(15)9-3-2-4-10(7-9)14-8-11-13-5-6-17-11/h2-7,14H,8H2,1H3. The Kier molecular flexibility index (Phi) is 3.72. The predicted octanol–water partition coefficient (Wildman–Crippen LogP) is 2.54. The van der Waals surface area contributed by atoms with Gasteiger partial charge in [0.25, 0.3) is 0 Å². The first-order chi connectivity index (χ1) is 8.29. The number of thiazole rings is 1. The second-order valence-corrected chi connectivity index (χ2v) is 4.33. The lowest BCUT2D eigenvalue weighted by molar-refractivity contribution is 0.0601. The summed E-state index contributed by atoms with van der Waals surface area (Å²) in [6, 6.07) is 7.20. The lowest BCUT2D eigenvalue weighted by Crippen LogP contribution is -2.03. The van der Waals surface area contributed by atoms with Gasteiger partial charge in [0.2, 0.25) is 0 Å². The number of hydrogen-bond acceptors (Lipinski definition) is 5. The van der Waals surface area contributed by atoms with E-state index in [9.17, 15) is 4.79 Å². The Hall–Kier alpha value is -1.88. The number of ether oxygens (including phenoxy) is 1. The van der Waals surface area contributed by atoms with Gasteiger partial charge < -0.3 is 10.1 Å². The van der Waals surface area contributed by atoms with Crippen molar-refractivity contribution in [3.05, 3.63) is 46.4 Å². The molecule has 2 aromatic rings. The van der Waals surface area contributed by atoms with Crippen LogP contribution < -0.4 is 5.32 Å². The molecule has 0 aliphatic heterocycles. The van der Waals surface area contributed by atoms with Crippen LogP contribution in [0.2, 0.25) is 0 Å². The molecule has 0 atom stereocenters. The largest absolute Gasteiger partial charge is 0.465 e. The van der Waals surface area contributed by atoms with Crippen LogP contribution in [0.15, 0.2) is 35.8 Å². The van der Waals surface area contributed by atoms with E-state index in [0.717, 1.165) is 10.7 Å². The number of methoxy groups -OCH3 is 1. The highest BCUT2D eigenvalue weighted by Gasteiger charge is 2.05. The molecule has 0 amide bonds. The van der Waals surface area contributed by atoms with Crippen LogP contribution in [0.4, 0.5) is 5.69 Å². The van der Waals surface area contributed by atoms with Gasteiger partial charge in [0.15, 0.2) is 0 Å². The minimum absolute atomic E-state index is 0.331. The van der Waals surface area contributed by atoms with Crippen molar-refractivity contribution in [1.82, 2.24) is 4.98 Å². The molecule has 1 aromatic carbocycles. The third kappa shape index (κ3) is 3.04. The average Bonchev–Trinajstić information content (AvgIpc) is 2.89. The van der Waals surface area contributed by atoms with Gasteiger partial charge in [-0.25, -0.2) is 9.78 Å². The van der Waals surface area contributed by atoms with E-state index < -0.39 is 0 Å². The number of rotatable bonds is 4. The maximum absolute atomic E-state index is 11.3. The number of esters is 1. The average molecular weight is 248 g/mol. The van der Waals surface area contributed by atoms with E-state index in [2.05, 4.69) is 15.0 Å². The molecule has 0 aliphatic rings. The van der Waals surface area contributed by atoms with Crippen LogP contribution in [0.3, 0.4) is 0 Å². The third-order valence-corrected chi connectivity index (χ3v) is 2.99. The Labute approximate surface area is 103 Å². The molecule has 1 aromatic heterocycles. The first-order valence-corrected chi connectivity index (χ1v) is 5.98.